The summed E-state index contributed by atoms with van der Waals surface area (Å²) in [6, 6.07) is 4.62. The highest BCUT2D eigenvalue weighted by atomic mass is 19.1. The lowest BCUT2D eigenvalue weighted by Gasteiger charge is -2.29. The van der Waals surface area contributed by atoms with E-state index in [1.54, 1.807) is 25.1 Å². The van der Waals surface area contributed by atoms with Crippen LogP contribution in [0.1, 0.15) is 45.7 Å². The zero-order valence-electron chi connectivity index (χ0n) is 16.0. The molecule has 0 unspecified atom stereocenters. The summed E-state index contributed by atoms with van der Waals surface area (Å²) in [6.45, 7) is 9.49. The molecule has 1 aromatic rings. The predicted molar refractivity (Wildman–Crippen MR) is 99.2 cm³/mol. The smallest absolute Gasteiger partial charge is 0.288 e. The van der Waals surface area contributed by atoms with Crippen LogP contribution in [0.2, 0.25) is 0 Å². The van der Waals surface area contributed by atoms with E-state index in [2.05, 4.69) is 4.99 Å². The first-order chi connectivity index (χ1) is 12.1. The lowest BCUT2D eigenvalue weighted by Crippen LogP contribution is -2.32. The fraction of sp³-hybridized carbons (Fsp3) is 0.500. The highest BCUT2D eigenvalue weighted by Gasteiger charge is 2.32. The molecule has 5 nitrogen and oxygen atoms in total. The normalized spacial score (nSPS) is 20.0. The molecular formula is C20H27FN2O3. The second-order valence-corrected chi connectivity index (χ2v) is 7.28. The van der Waals surface area contributed by atoms with E-state index >= 15 is 0 Å². The van der Waals surface area contributed by atoms with Gasteiger partial charge < -0.3 is 15.2 Å². The molecule has 0 saturated heterocycles. The number of aliphatic imine (C=N–C) groups is 1. The quantitative estimate of drug-likeness (QED) is 0.806. The first-order valence-corrected chi connectivity index (χ1v) is 8.79. The molecule has 1 atom stereocenters. The molecule has 1 aliphatic rings. The van der Waals surface area contributed by atoms with Crippen LogP contribution in [0, 0.1) is 11.7 Å². The van der Waals surface area contributed by atoms with Crippen molar-refractivity contribution in [1.82, 2.24) is 0 Å². The molecule has 0 spiro atoms. The van der Waals surface area contributed by atoms with Gasteiger partial charge in [0.15, 0.2) is 0 Å². The van der Waals surface area contributed by atoms with Crippen LogP contribution in [0.15, 0.2) is 35.0 Å². The molecule has 1 heterocycles. The maximum Gasteiger partial charge on any atom is 0.288 e. The van der Waals surface area contributed by atoms with Gasteiger partial charge in [0.1, 0.15) is 29.5 Å². The van der Waals surface area contributed by atoms with Gasteiger partial charge in [-0.1, -0.05) is 19.9 Å². The van der Waals surface area contributed by atoms with Crippen LogP contribution in [0.4, 0.5) is 4.39 Å². The van der Waals surface area contributed by atoms with Crippen molar-refractivity contribution in [3.8, 4) is 0 Å². The van der Waals surface area contributed by atoms with Crippen LogP contribution in [0.5, 0.6) is 0 Å². The van der Waals surface area contributed by atoms with Crippen LogP contribution in [-0.2, 0) is 26.2 Å². The van der Waals surface area contributed by atoms with Gasteiger partial charge in [0.25, 0.3) is 6.02 Å². The summed E-state index contributed by atoms with van der Waals surface area (Å²) in [7, 11) is 0. The third-order valence-corrected chi connectivity index (χ3v) is 4.18. The van der Waals surface area contributed by atoms with Crippen LogP contribution < -0.4 is 5.73 Å². The van der Waals surface area contributed by atoms with Gasteiger partial charge in [-0.3, -0.25) is 4.79 Å². The summed E-state index contributed by atoms with van der Waals surface area (Å²) in [4.78, 5) is 16.3. The lowest BCUT2D eigenvalue weighted by atomic mass is 9.88. The van der Waals surface area contributed by atoms with Crippen molar-refractivity contribution in [2.45, 2.75) is 52.7 Å². The van der Waals surface area contributed by atoms with Gasteiger partial charge in [-0.25, -0.2) is 9.38 Å². The Morgan fingerprint density at radius 2 is 2.04 bits per heavy atom. The Morgan fingerprint density at radius 3 is 2.65 bits per heavy atom. The minimum Gasteiger partial charge on any atom is -0.429 e. The molecule has 1 aromatic carbocycles. The number of amidine groups is 1. The standard InChI is InChI=1S/C20H27FN2O3/c1-12(2)18(24)9-14-6-7-17(21)16(8-14)20(5)10-15(11-25-13(3)4)26-19(22)23-20/h6-8,10,12-13H,9,11H2,1-5H3,(H2,22,23)/t20-/m0/s1. The van der Waals surface area contributed by atoms with Crippen molar-refractivity contribution in [3.63, 3.8) is 0 Å². The number of ketones is 1. The van der Waals surface area contributed by atoms with E-state index in [0.717, 1.165) is 5.56 Å². The third-order valence-electron chi connectivity index (χ3n) is 4.18. The SMILES string of the molecule is CC(C)OCC1=C[C@@](C)(c2cc(CC(=O)C(C)C)ccc2F)N=C(N)O1. The monoisotopic (exact) mass is 362 g/mol. The van der Waals surface area contributed by atoms with E-state index in [0.29, 0.717) is 11.3 Å². The van der Waals surface area contributed by atoms with Crippen LogP contribution in [0.25, 0.3) is 0 Å². The fourth-order valence-electron chi connectivity index (χ4n) is 2.69. The number of benzene rings is 1. The number of nitrogens with zero attached hydrogens (tertiary/aromatic N) is 1. The Kier molecular flexibility index (Phi) is 6.18. The second kappa shape index (κ2) is 7.99. The summed E-state index contributed by atoms with van der Waals surface area (Å²) < 4.78 is 25.5. The van der Waals surface area contributed by atoms with Crippen molar-refractivity contribution in [1.29, 1.82) is 0 Å². The van der Waals surface area contributed by atoms with Crippen LogP contribution >= 0.6 is 0 Å². The van der Waals surface area contributed by atoms with Gasteiger partial charge in [-0.2, -0.15) is 0 Å². The molecular weight excluding hydrogens is 335 g/mol. The Morgan fingerprint density at radius 1 is 1.35 bits per heavy atom. The molecule has 0 aliphatic carbocycles. The topological polar surface area (TPSA) is 73.9 Å². The molecule has 1 aliphatic heterocycles. The van der Waals surface area contributed by atoms with E-state index in [1.165, 1.54) is 6.07 Å². The number of hydrogen-bond donors (Lipinski definition) is 1. The largest absolute Gasteiger partial charge is 0.429 e. The number of ether oxygens (including phenoxy) is 2. The van der Waals surface area contributed by atoms with Crippen molar-refractivity contribution < 1.29 is 18.7 Å². The molecule has 0 fully saturated rings. The summed E-state index contributed by atoms with van der Waals surface area (Å²) in [5.74, 6) is 0.101. The summed E-state index contributed by atoms with van der Waals surface area (Å²) in [5, 5.41) is 0. The molecule has 6 heteroatoms. The number of rotatable bonds is 7. The van der Waals surface area contributed by atoms with Crippen LogP contribution in [-0.4, -0.2) is 24.5 Å². The fourth-order valence-corrected chi connectivity index (χ4v) is 2.69. The molecule has 0 saturated carbocycles. The van der Waals surface area contributed by atoms with Gasteiger partial charge in [0.05, 0.1) is 6.10 Å². The minimum absolute atomic E-state index is 0.0213. The van der Waals surface area contributed by atoms with Crippen molar-refractivity contribution in [3.05, 3.63) is 47.0 Å². The highest BCUT2D eigenvalue weighted by Crippen LogP contribution is 2.34. The summed E-state index contributed by atoms with van der Waals surface area (Å²) in [6.07, 6.45) is 1.98. The molecule has 0 bridgehead atoms. The molecule has 0 aromatic heterocycles. The lowest BCUT2D eigenvalue weighted by molar-refractivity contribution is -0.121. The van der Waals surface area contributed by atoms with Crippen molar-refractivity contribution in [2.24, 2.45) is 16.6 Å². The van der Waals surface area contributed by atoms with Gasteiger partial charge >= 0.3 is 0 Å². The molecule has 2 N–H and O–H groups in total. The first kappa shape index (κ1) is 20.1. The highest BCUT2D eigenvalue weighted by molar-refractivity contribution is 5.82. The predicted octanol–water partition coefficient (Wildman–Crippen LogP) is 3.46. The average molecular weight is 362 g/mol. The Hall–Kier alpha value is -2.21. The average Bonchev–Trinajstić information content (AvgIpc) is 2.53. The van der Waals surface area contributed by atoms with Gasteiger partial charge in [-0.15, -0.1) is 0 Å². The van der Waals surface area contributed by atoms with Gasteiger partial charge in [0, 0.05) is 17.9 Å². The third kappa shape index (κ3) is 4.91. The van der Waals surface area contributed by atoms with E-state index in [4.69, 9.17) is 15.2 Å². The van der Waals surface area contributed by atoms with Crippen LogP contribution in [0.3, 0.4) is 0 Å². The van der Waals surface area contributed by atoms with Gasteiger partial charge in [0.2, 0.25) is 0 Å². The van der Waals surface area contributed by atoms with E-state index in [1.807, 2.05) is 27.7 Å². The first-order valence-electron chi connectivity index (χ1n) is 8.79. The number of halogens is 1. The van der Waals surface area contributed by atoms with Crippen molar-refractivity contribution in [2.75, 3.05) is 6.61 Å². The maximum absolute atomic E-state index is 14.6. The molecule has 142 valence electrons. The molecule has 2 rings (SSSR count). The van der Waals surface area contributed by atoms with E-state index in [-0.39, 0.29) is 36.9 Å². The molecule has 0 radical (unpaired) electrons. The molecule has 0 amide bonds. The Balaban J connectivity index is 2.37. The molecule has 26 heavy (non-hydrogen) atoms. The Bertz CT molecular complexity index is 741. The number of nitrogens with two attached hydrogens (primary N) is 1. The van der Waals surface area contributed by atoms with E-state index in [9.17, 15) is 9.18 Å². The Labute approximate surface area is 154 Å². The van der Waals surface area contributed by atoms with E-state index < -0.39 is 11.4 Å². The zero-order chi connectivity index (χ0) is 19.5. The second-order valence-electron chi connectivity index (χ2n) is 7.28. The van der Waals surface area contributed by atoms with Gasteiger partial charge in [-0.05, 0) is 44.5 Å². The minimum atomic E-state index is -1.03. The summed E-state index contributed by atoms with van der Waals surface area (Å²) >= 11 is 0. The maximum atomic E-state index is 14.6. The number of carbonyl (C=O) groups excluding carboxylic acids is 1. The number of carbonyl (C=O) groups is 1. The number of hydrogen-bond acceptors (Lipinski definition) is 5. The van der Waals surface area contributed by atoms with Crippen molar-refractivity contribution >= 4 is 11.8 Å². The number of Topliss-reactive ketones (excluding diaryl/α,β-unsaturated/α-hetero) is 1. The summed E-state index contributed by atoms with van der Waals surface area (Å²) in [5.41, 5.74) is 5.87. The zero-order valence-corrected chi connectivity index (χ0v) is 16.0.